The van der Waals surface area contributed by atoms with Gasteiger partial charge in [0.25, 0.3) is 0 Å². The first-order valence-electron chi connectivity index (χ1n) is 7.05. The molecular weight excluding hydrogens is 256 g/mol. The smallest absolute Gasteiger partial charge is 0.236 e. The van der Waals surface area contributed by atoms with Crippen molar-refractivity contribution in [2.75, 3.05) is 33.7 Å². The molecule has 7 nitrogen and oxygen atoms in total. The summed E-state index contributed by atoms with van der Waals surface area (Å²) in [6.07, 6.45) is 3.84. The number of carbonyl (C=O) groups is 1. The molecule has 0 unspecified atom stereocenters. The average Bonchev–Trinajstić information content (AvgIpc) is 2.83. The van der Waals surface area contributed by atoms with Crippen molar-refractivity contribution in [2.24, 2.45) is 7.05 Å². The van der Waals surface area contributed by atoms with E-state index >= 15 is 0 Å². The molecule has 112 valence electrons. The van der Waals surface area contributed by atoms with Crippen molar-refractivity contribution in [1.82, 2.24) is 29.9 Å². The highest BCUT2D eigenvalue weighted by Gasteiger charge is 2.21. The molecule has 1 aromatic heterocycles. The Kier molecular flexibility index (Phi) is 5.08. The minimum atomic E-state index is 0.175. The minimum Gasteiger partial charge on any atom is -0.348 e. The number of carbonyl (C=O) groups excluding carboxylic acids is 1. The van der Waals surface area contributed by atoms with E-state index in [0.717, 1.165) is 31.8 Å². The molecule has 0 saturated carbocycles. The monoisotopic (exact) mass is 280 g/mol. The second kappa shape index (κ2) is 6.81. The first-order chi connectivity index (χ1) is 9.54. The summed E-state index contributed by atoms with van der Waals surface area (Å²) in [5, 5.41) is 7.74. The molecule has 0 atom stereocenters. The van der Waals surface area contributed by atoms with Crippen LogP contribution in [0, 0.1) is 0 Å². The number of hydrogen-bond donors (Lipinski definition) is 1. The van der Waals surface area contributed by atoms with Gasteiger partial charge in [-0.05, 0) is 12.8 Å². The number of rotatable bonds is 5. The lowest BCUT2D eigenvalue weighted by Crippen LogP contribution is -2.45. The molecule has 1 aliphatic heterocycles. The number of aromatic nitrogens is 3. The molecule has 0 radical (unpaired) electrons. The standard InChI is InChI=1S/C13H24N6O/c1-17(2)13(20)9-19-6-4-11(5-7-19)14-8-12-15-10-18(3)16-12/h10-11,14H,4-9H2,1-3H3. The molecule has 0 bridgehead atoms. The predicted octanol–water partition coefficient (Wildman–Crippen LogP) is -0.543. The second-order valence-electron chi connectivity index (χ2n) is 5.55. The van der Waals surface area contributed by atoms with E-state index in [4.69, 9.17) is 0 Å². The van der Waals surface area contributed by atoms with E-state index in [1.54, 1.807) is 30.0 Å². The number of piperidine rings is 1. The van der Waals surface area contributed by atoms with Gasteiger partial charge in [0.05, 0.1) is 13.1 Å². The lowest BCUT2D eigenvalue weighted by atomic mass is 10.1. The fourth-order valence-electron chi connectivity index (χ4n) is 2.33. The number of nitrogens with one attached hydrogen (secondary N) is 1. The second-order valence-corrected chi connectivity index (χ2v) is 5.55. The van der Waals surface area contributed by atoms with Crippen molar-refractivity contribution < 1.29 is 4.79 Å². The maximum atomic E-state index is 11.7. The van der Waals surface area contributed by atoms with Crippen molar-refractivity contribution in [2.45, 2.75) is 25.4 Å². The Bertz CT molecular complexity index is 436. The Morgan fingerprint density at radius 2 is 2.15 bits per heavy atom. The average molecular weight is 280 g/mol. The molecule has 1 amide bonds. The van der Waals surface area contributed by atoms with Gasteiger partial charge in [-0.2, -0.15) is 5.10 Å². The van der Waals surface area contributed by atoms with Crippen LogP contribution in [0.3, 0.4) is 0 Å². The third-order valence-corrected chi connectivity index (χ3v) is 3.64. The van der Waals surface area contributed by atoms with Crippen LogP contribution in [-0.2, 0) is 18.4 Å². The zero-order chi connectivity index (χ0) is 14.5. The van der Waals surface area contributed by atoms with E-state index in [-0.39, 0.29) is 5.91 Å². The summed E-state index contributed by atoms with van der Waals surface area (Å²) < 4.78 is 1.71. The molecule has 20 heavy (non-hydrogen) atoms. The molecule has 0 aromatic carbocycles. The number of likely N-dealkylation sites (N-methyl/N-ethyl adjacent to an activating group) is 1. The zero-order valence-electron chi connectivity index (χ0n) is 12.5. The molecule has 1 fully saturated rings. The Morgan fingerprint density at radius 1 is 1.45 bits per heavy atom. The normalized spacial score (nSPS) is 17.4. The SMILES string of the molecule is CN(C)C(=O)CN1CCC(NCc2ncn(C)n2)CC1. The van der Waals surface area contributed by atoms with Gasteiger partial charge in [-0.3, -0.25) is 14.4 Å². The molecule has 7 heteroatoms. The van der Waals surface area contributed by atoms with E-state index in [2.05, 4.69) is 20.3 Å². The molecule has 0 aliphatic carbocycles. The molecule has 2 rings (SSSR count). The van der Waals surface area contributed by atoms with Crippen molar-refractivity contribution in [3.63, 3.8) is 0 Å². The van der Waals surface area contributed by atoms with Crippen LogP contribution in [0.25, 0.3) is 0 Å². The van der Waals surface area contributed by atoms with Crippen molar-refractivity contribution in [3.05, 3.63) is 12.2 Å². The van der Waals surface area contributed by atoms with E-state index in [1.807, 2.05) is 7.05 Å². The van der Waals surface area contributed by atoms with Gasteiger partial charge in [-0.25, -0.2) is 4.98 Å². The zero-order valence-corrected chi connectivity index (χ0v) is 12.5. The van der Waals surface area contributed by atoms with E-state index in [1.165, 1.54) is 0 Å². The Balaban J connectivity index is 1.68. The highest BCUT2D eigenvalue weighted by molar-refractivity contribution is 5.77. The number of aryl methyl sites for hydroxylation is 1. The number of likely N-dealkylation sites (tertiary alicyclic amines) is 1. The van der Waals surface area contributed by atoms with Crippen LogP contribution < -0.4 is 5.32 Å². The Labute approximate surface area is 119 Å². The van der Waals surface area contributed by atoms with Gasteiger partial charge in [0.1, 0.15) is 6.33 Å². The fraction of sp³-hybridized carbons (Fsp3) is 0.769. The van der Waals surface area contributed by atoms with Crippen LogP contribution in [0.1, 0.15) is 18.7 Å². The van der Waals surface area contributed by atoms with Gasteiger partial charge in [0.2, 0.25) is 5.91 Å². The summed E-state index contributed by atoms with van der Waals surface area (Å²) in [4.78, 5) is 19.7. The highest BCUT2D eigenvalue weighted by Crippen LogP contribution is 2.10. The van der Waals surface area contributed by atoms with Crippen LogP contribution in [-0.4, -0.2) is 70.2 Å². The Hall–Kier alpha value is -1.47. The predicted molar refractivity (Wildman–Crippen MR) is 76.0 cm³/mol. The van der Waals surface area contributed by atoms with Crippen LogP contribution >= 0.6 is 0 Å². The maximum Gasteiger partial charge on any atom is 0.236 e. The van der Waals surface area contributed by atoms with Gasteiger partial charge >= 0.3 is 0 Å². The first-order valence-corrected chi connectivity index (χ1v) is 7.05. The highest BCUT2D eigenvalue weighted by atomic mass is 16.2. The maximum absolute atomic E-state index is 11.7. The molecular formula is C13H24N6O. The summed E-state index contributed by atoms with van der Waals surface area (Å²) in [5.74, 6) is 1.01. The quantitative estimate of drug-likeness (QED) is 0.784. The number of hydrogen-bond acceptors (Lipinski definition) is 5. The third-order valence-electron chi connectivity index (χ3n) is 3.64. The summed E-state index contributed by atoms with van der Waals surface area (Å²) in [7, 11) is 5.48. The van der Waals surface area contributed by atoms with Gasteiger partial charge < -0.3 is 10.2 Å². The van der Waals surface area contributed by atoms with Gasteiger partial charge in [-0.1, -0.05) is 0 Å². The molecule has 1 aliphatic rings. The fourth-order valence-corrected chi connectivity index (χ4v) is 2.33. The van der Waals surface area contributed by atoms with Crippen molar-refractivity contribution in [3.8, 4) is 0 Å². The van der Waals surface area contributed by atoms with Gasteiger partial charge in [-0.15, -0.1) is 0 Å². The summed E-state index contributed by atoms with van der Waals surface area (Å²) in [6.45, 7) is 3.17. The molecule has 1 saturated heterocycles. The summed E-state index contributed by atoms with van der Waals surface area (Å²) in [5.41, 5.74) is 0. The topological polar surface area (TPSA) is 66.3 Å². The first kappa shape index (κ1) is 14.9. The minimum absolute atomic E-state index is 0.175. The number of nitrogens with zero attached hydrogens (tertiary/aromatic N) is 5. The number of amides is 1. The lowest BCUT2D eigenvalue weighted by molar-refractivity contribution is -0.130. The largest absolute Gasteiger partial charge is 0.348 e. The van der Waals surface area contributed by atoms with E-state index in [0.29, 0.717) is 19.1 Å². The molecule has 1 N–H and O–H groups in total. The van der Waals surface area contributed by atoms with Crippen molar-refractivity contribution >= 4 is 5.91 Å². The lowest BCUT2D eigenvalue weighted by Gasteiger charge is -2.32. The molecule has 1 aromatic rings. The van der Waals surface area contributed by atoms with Crippen LogP contribution in [0.15, 0.2) is 6.33 Å². The molecule has 2 heterocycles. The van der Waals surface area contributed by atoms with Crippen LogP contribution in [0.2, 0.25) is 0 Å². The van der Waals surface area contributed by atoms with Crippen LogP contribution in [0.4, 0.5) is 0 Å². The Morgan fingerprint density at radius 3 is 2.70 bits per heavy atom. The summed E-state index contributed by atoms with van der Waals surface area (Å²) >= 11 is 0. The van der Waals surface area contributed by atoms with Crippen LogP contribution in [0.5, 0.6) is 0 Å². The van der Waals surface area contributed by atoms with Crippen molar-refractivity contribution in [1.29, 1.82) is 0 Å². The van der Waals surface area contributed by atoms with E-state index in [9.17, 15) is 4.79 Å². The van der Waals surface area contributed by atoms with Gasteiger partial charge in [0, 0.05) is 40.3 Å². The van der Waals surface area contributed by atoms with Gasteiger partial charge in [0.15, 0.2) is 5.82 Å². The molecule has 0 spiro atoms. The van der Waals surface area contributed by atoms with E-state index < -0.39 is 0 Å². The third kappa shape index (κ3) is 4.28. The summed E-state index contributed by atoms with van der Waals surface area (Å²) in [6, 6.07) is 0.490.